The van der Waals surface area contributed by atoms with Crippen molar-refractivity contribution in [1.82, 2.24) is 19.7 Å². The Kier molecular flexibility index (Phi) is 3.60. The fourth-order valence-electron chi connectivity index (χ4n) is 1.87. The molecule has 0 atom stereocenters. The third-order valence-electron chi connectivity index (χ3n) is 2.87. The first-order valence-corrected chi connectivity index (χ1v) is 6.39. The van der Waals surface area contributed by atoms with Crippen LogP contribution in [0.3, 0.4) is 0 Å². The lowest BCUT2D eigenvalue weighted by Gasteiger charge is -2.07. The molecule has 0 amide bonds. The highest BCUT2D eigenvalue weighted by Gasteiger charge is 2.10. The van der Waals surface area contributed by atoms with E-state index in [4.69, 9.17) is 5.73 Å². The van der Waals surface area contributed by atoms with E-state index in [0.29, 0.717) is 5.82 Å². The summed E-state index contributed by atoms with van der Waals surface area (Å²) in [5, 5.41) is 4.56. The number of nitrogens with zero attached hydrogens (tertiary/aromatic N) is 4. The molecule has 0 unspecified atom stereocenters. The van der Waals surface area contributed by atoms with Crippen molar-refractivity contribution in [2.24, 2.45) is 0 Å². The van der Waals surface area contributed by atoms with E-state index >= 15 is 0 Å². The molecule has 0 aliphatic heterocycles. The molecule has 2 heterocycles. The van der Waals surface area contributed by atoms with Crippen LogP contribution in [0.5, 0.6) is 0 Å². The molecule has 0 radical (unpaired) electrons. The minimum atomic E-state index is 0.493. The number of nitrogens with two attached hydrogens (primary N) is 1. The first kappa shape index (κ1) is 12.5. The van der Waals surface area contributed by atoms with Crippen molar-refractivity contribution in [2.45, 2.75) is 40.0 Å². The van der Waals surface area contributed by atoms with Crippen LogP contribution < -0.4 is 5.73 Å². The second-order valence-corrected chi connectivity index (χ2v) is 4.17. The number of nitrogen functional groups attached to an aromatic ring is 1. The minimum absolute atomic E-state index is 0.493. The SMILES string of the molecule is CCc1cc(CC)n(-c2cc(N)nc(CC)n2)n1. The minimum Gasteiger partial charge on any atom is -0.384 e. The Morgan fingerprint density at radius 1 is 1.06 bits per heavy atom. The van der Waals surface area contributed by atoms with Crippen LogP contribution in [0.2, 0.25) is 0 Å². The van der Waals surface area contributed by atoms with Crippen molar-refractivity contribution in [1.29, 1.82) is 0 Å². The molecule has 0 spiro atoms. The zero-order valence-corrected chi connectivity index (χ0v) is 11.1. The van der Waals surface area contributed by atoms with Gasteiger partial charge in [0.1, 0.15) is 11.6 Å². The molecule has 0 saturated carbocycles. The van der Waals surface area contributed by atoms with E-state index in [-0.39, 0.29) is 0 Å². The summed E-state index contributed by atoms with van der Waals surface area (Å²) in [7, 11) is 0. The third kappa shape index (κ3) is 2.34. The Morgan fingerprint density at radius 3 is 2.44 bits per heavy atom. The quantitative estimate of drug-likeness (QED) is 0.893. The summed E-state index contributed by atoms with van der Waals surface area (Å²) in [5.41, 5.74) is 8.03. The molecule has 2 aromatic heterocycles. The maximum atomic E-state index is 5.81. The van der Waals surface area contributed by atoms with Crippen LogP contribution in [-0.4, -0.2) is 19.7 Å². The Labute approximate surface area is 107 Å². The average Bonchev–Trinajstić information content (AvgIpc) is 2.81. The van der Waals surface area contributed by atoms with E-state index in [0.717, 1.165) is 42.3 Å². The van der Waals surface area contributed by atoms with Crippen LogP contribution in [0.4, 0.5) is 5.82 Å². The molecule has 5 heteroatoms. The molecule has 0 aliphatic rings. The number of aromatic nitrogens is 4. The predicted molar refractivity (Wildman–Crippen MR) is 71.7 cm³/mol. The van der Waals surface area contributed by atoms with Crippen LogP contribution >= 0.6 is 0 Å². The fraction of sp³-hybridized carbons (Fsp3) is 0.462. The Bertz CT molecular complexity index is 544. The van der Waals surface area contributed by atoms with Gasteiger partial charge in [0.15, 0.2) is 5.82 Å². The Balaban J connectivity index is 2.53. The van der Waals surface area contributed by atoms with Gasteiger partial charge in [0.05, 0.1) is 5.69 Å². The van der Waals surface area contributed by atoms with Crippen LogP contribution in [0.15, 0.2) is 12.1 Å². The van der Waals surface area contributed by atoms with E-state index < -0.39 is 0 Å². The zero-order chi connectivity index (χ0) is 13.1. The highest BCUT2D eigenvalue weighted by atomic mass is 15.3. The van der Waals surface area contributed by atoms with Crippen molar-refractivity contribution in [3.8, 4) is 5.82 Å². The summed E-state index contributed by atoms with van der Waals surface area (Å²) in [6, 6.07) is 3.88. The molecule has 96 valence electrons. The van der Waals surface area contributed by atoms with Gasteiger partial charge in [-0.3, -0.25) is 0 Å². The van der Waals surface area contributed by atoms with Crippen LogP contribution in [-0.2, 0) is 19.3 Å². The Hall–Kier alpha value is -1.91. The molecule has 5 nitrogen and oxygen atoms in total. The molecule has 0 fully saturated rings. The number of hydrogen-bond donors (Lipinski definition) is 1. The van der Waals surface area contributed by atoms with Gasteiger partial charge in [-0.15, -0.1) is 0 Å². The molecule has 0 aromatic carbocycles. The molecular weight excluding hydrogens is 226 g/mol. The third-order valence-corrected chi connectivity index (χ3v) is 2.87. The number of aryl methyl sites for hydroxylation is 3. The van der Waals surface area contributed by atoms with Crippen molar-refractivity contribution < 1.29 is 0 Å². The molecule has 18 heavy (non-hydrogen) atoms. The summed E-state index contributed by atoms with van der Waals surface area (Å²) in [6.45, 7) is 6.22. The first-order chi connectivity index (χ1) is 8.67. The van der Waals surface area contributed by atoms with Crippen molar-refractivity contribution >= 4 is 5.82 Å². The molecule has 0 aliphatic carbocycles. The second-order valence-electron chi connectivity index (χ2n) is 4.17. The van der Waals surface area contributed by atoms with E-state index in [2.05, 4.69) is 35.0 Å². The van der Waals surface area contributed by atoms with Gasteiger partial charge in [-0.25, -0.2) is 14.6 Å². The summed E-state index contributed by atoms with van der Waals surface area (Å²) in [4.78, 5) is 8.67. The van der Waals surface area contributed by atoms with E-state index in [1.807, 2.05) is 11.6 Å². The van der Waals surface area contributed by atoms with Crippen molar-refractivity contribution in [3.63, 3.8) is 0 Å². The second kappa shape index (κ2) is 5.16. The van der Waals surface area contributed by atoms with Gasteiger partial charge in [-0.2, -0.15) is 5.10 Å². The number of anilines is 1. The van der Waals surface area contributed by atoms with E-state index in [1.165, 1.54) is 0 Å². The average molecular weight is 245 g/mol. The standard InChI is InChI=1S/C13H19N5/c1-4-9-7-10(5-2)18(17-9)13-8-11(14)15-12(6-3)16-13/h7-8H,4-6H2,1-3H3,(H2,14,15,16). The maximum absolute atomic E-state index is 5.81. The smallest absolute Gasteiger partial charge is 0.159 e. The van der Waals surface area contributed by atoms with Crippen LogP contribution in [0.1, 0.15) is 38.0 Å². The highest BCUT2D eigenvalue weighted by molar-refractivity contribution is 5.38. The lowest BCUT2D eigenvalue weighted by Crippen LogP contribution is -2.08. The van der Waals surface area contributed by atoms with Gasteiger partial charge in [0.25, 0.3) is 0 Å². The van der Waals surface area contributed by atoms with Gasteiger partial charge >= 0.3 is 0 Å². The molecule has 2 N–H and O–H groups in total. The normalized spacial score (nSPS) is 10.8. The largest absolute Gasteiger partial charge is 0.384 e. The van der Waals surface area contributed by atoms with Crippen LogP contribution in [0, 0.1) is 0 Å². The molecule has 2 aromatic rings. The summed E-state index contributed by atoms with van der Waals surface area (Å²) in [5.74, 6) is 2.00. The van der Waals surface area contributed by atoms with Crippen LogP contribution in [0.25, 0.3) is 5.82 Å². The maximum Gasteiger partial charge on any atom is 0.159 e. The molecule has 0 bridgehead atoms. The first-order valence-electron chi connectivity index (χ1n) is 6.39. The summed E-state index contributed by atoms with van der Waals surface area (Å²) in [6.07, 6.45) is 2.60. The van der Waals surface area contributed by atoms with Gasteiger partial charge in [-0.05, 0) is 18.9 Å². The van der Waals surface area contributed by atoms with Crippen molar-refractivity contribution in [3.05, 3.63) is 29.3 Å². The highest BCUT2D eigenvalue weighted by Crippen LogP contribution is 2.14. The van der Waals surface area contributed by atoms with Gasteiger partial charge < -0.3 is 5.73 Å². The number of hydrogen-bond acceptors (Lipinski definition) is 4. The molecular formula is C13H19N5. The van der Waals surface area contributed by atoms with E-state index in [9.17, 15) is 0 Å². The van der Waals surface area contributed by atoms with Gasteiger partial charge in [-0.1, -0.05) is 20.8 Å². The Morgan fingerprint density at radius 2 is 1.83 bits per heavy atom. The van der Waals surface area contributed by atoms with E-state index in [1.54, 1.807) is 6.07 Å². The zero-order valence-electron chi connectivity index (χ0n) is 11.1. The predicted octanol–water partition coefficient (Wildman–Crippen LogP) is 1.93. The molecule has 2 rings (SSSR count). The lowest BCUT2D eigenvalue weighted by molar-refractivity contribution is 0.757. The van der Waals surface area contributed by atoms with Gasteiger partial charge in [0.2, 0.25) is 0 Å². The monoisotopic (exact) mass is 245 g/mol. The van der Waals surface area contributed by atoms with Crippen molar-refractivity contribution in [2.75, 3.05) is 5.73 Å². The lowest BCUT2D eigenvalue weighted by atomic mass is 10.2. The molecule has 0 saturated heterocycles. The fourth-order valence-corrected chi connectivity index (χ4v) is 1.87. The van der Waals surface area contributed by atoms with Gasteiger partial charge in [0, 0.05) is 18.2 Å². The summed E-state index contributed by atoms with van der Waals surface area (Å²) < 4.78 is 1.87. The topological polar surface area (TPSA) is 69.6 Å². The summed E-state index contributed by atoms with van der Waals surface area (Å²) >= 11 is 0. The number of rotatable bonds is 4.